The van der Waals surface area contributed by atoms with E-state index in [1.165, 1.54) is 18.2 Å². The lowest BCUT2D eigenvalue weighted by Crippen LogP contribution is -2.37. The van der Waals surface area contributed by atoms with Crippen molar-refractivity contribution < 1.29 is 14.0 Å². The molecule has 1 N–H and O–H groups in total. The molecule has 30 heavy (non-hydrogen) atoms. The highest BCUT2D eigenvalue weighted by molar-refractivity contribution is 6.02. The molecule has 1 amide bonds. The summed E-state index contributed by atoms with van der Waals surface area (Å²) < 4.78 is 13.2. The summed E-state index contributed by atoms with van der Waals surface area (Å²) in [6, 6.07) is 7.45. The topological polar surface area (TPSA) is 70.2 Å². The number of Topliss-reactive ketones (excluding diaryl/α,β-unsaturated/α-hetero) is 1. The van der Waals surface area contributed by atoms with Crippen LogP contribution in [-0.4, -0.2) is 28.1 Å². The van der Waals surface area contributed by atoms with Crippen molar-refractivity contribution in [2.24, 2.45) is 5.41 Å². The number of unbranched alkanes of at least 4 members (excludes halogenated alkanes) is 2. The number of aromatic amines is 1. The number of benzene rings is 1. The van der Waals surface area contributed by atoms with Crippen LogP contribution in [0, 0.1) is 11.2 Å². The summed E-state index contributed by atoms with van der Waals surface area (Å²) in [4.78, 5) is 43.0. The molecule has 5 nitrogen and oxygen atoms in total. The highest BCUT2D eigenvalue weighted by Gasteiger charge is 2.33. The van der Waals surface area contributed by atoms with Gasteiger partial charge in [-0.1, -0.05) is 45.7 Å². The van der Waals surface area contributed by atoms with Gasteiger partial charge in [-0.05, 0) is 42.0 Å². The highest BCUT2D eigenvalue weighted by atomic mass is 19.1. The number of nitrogens with one attached hydrogen (secondary N) is 1. The Hall–Kier alpha value is -2.76. The number of H-pyrrole nitrogens is 1. The molecule has 2 aromatic rings. The normalized spacial score (nSPS) is 15.0. The zero-order chi connectivity index (χ0) is 21.9. The zero-order valence-electron chi connectivity index (χ0n) is 17.9. The van der Waals surface area contributed by atoms with E-state index < -0.39 is 11.5 Å². The minimum Gasteiger partial charge on any atom is -0.334 e. The van der Waals surface area contributed by atoms with Gasteiger partial charge in [0.1, 0.15) is 11.4 Å². The predicted octanol–water partition coefficient (Wildman–Crippen LogP) is 4.50. The van der Waals surface area contributed by atoms with Crippen molar-refractivity contribution in [2.45, 2.75) is 59.4 Å². The summed E-state index contributed by atoms with van der Waals surface area (Å²) in [6.07, 6.45) is 3.74. The van der Waals surface area contributed by atoms with Crippen LogP contribution in [0.5, 0.6) is 0 Å². The van der Waals surface area contributed by atoms with Crippen molar-refractivity contribution in [3.63, 3.8) is 0 Å². The first-order valence-electron chi connectivity index (χ1n) is 10.5. The third kappa shape index (κ3) is 5.04. The van der Waals surface area contributed by atoms with Crippen LogP contribution in [0.2, 0.25) is 0 Å². The van der Waals surface area contributed by atoms with Crippen LogP contribution in [0.15, 0.2) is 35.1 Å². The number of carbonyl (C=O) groups is 2. The lowest BCUT2D eigenvalue weighted by atomic mass is 9.75. The molecule has 0 unspecified atom stereocenters. The van der Waals surface area contributed by atoms with E-state index in [4.69, 9.17) is 0 Å². The van der Waals surface area contributed by atoms with Gasteiger partial charge in [-0.15, -0.1) is 0 Å². The molecular formula is C24H29FN2O3. The number of halogens is 1. The lowest BCUT2D eigenvalue weighted by Gasteiger charge is -2.30. The highest BCUT2D eigenvalue weighted by Crippen LogP contribution is 2.33. The van der Waals surface area contributed by atoms with Gasteiger partial charge >= 0.3 is 0 Å². The van der Waals surface area contributed by atoms with E-state index in [1.807, 2.05) is 13.8 Å². The Morgan fingerprint density at radius 1 is 1.13 bits per heavy atom. The minimum atomic E-state index is -0.469. The number of fused-ring (bicyclic) bond motifs is 1. The first-order chi connectivity index (χ1) is 14.2. The molecule has 160 valence electrons. The van der Waals surface area contributed by atoms with Crippen LogP contribution in [0.4, 0.5) is 4.39 Å². The van der Waals surface area contributed by atoms with Crippen molar-refractivity contribution in [1.29, 1.82) is 0 Å². The molecule has 1 aromatic carbocycles. The number of pyridine rings is 1. The smallest absolute Gasteiger partial charge is 0.261 e. The van der Waals surface area contributed by atoms with Crippen LogP contribution in [0.3, 0.4) is 0 Å². The maximum atomic E-state index is 13.3. The molecule has 0 radical (unpaired) electrons. The van der Waals surface area contributed by atoms with Gasteiger partial charge in [0, 0.05) is 30.8 Å². The summed E-state index contributed by atoms with van der Waals surface area (Å²) in [5.74, 6) is -0.796. The van der Waals surface area contributed by atoms with Crippen molar-refractivity contribution >= 4 is 11.7 Å². The molecule has 0 saturated heterocycles. The molecule has 0 fully saturated rings. The molecule has 0 bridgehead atoms. The lowest BCUT2D eigenvalue weighted by molar-refractivity contribution is 0.0738. The molecular weight excluding hydrogens is 383 g/mol. The summed E-state index contributed by atoms with van der Waals surface area (Å²) in [6.45, 7) is 6.82. The SMILES string of the molecule is CCCCCN(Cc1ccc(F)cc1)C(=O)c1cc2c([nH]c1=O)CC(C)(C)CC2=O. The van der Waals surface area contributed by atoms with Gasteiger partial charge in [0.25, 0.3) is 11.5 Å². The zero-order valence-corrected chi connectivity index (χ0v) is 17.9. The van der Waals surface area contributed by atoms with Crippen LogP contribution < -0.4 is 5.56 Å². The summed E-state index contributed by atoms with van der Waals surface area (Å²) >= 11 is 0. The van der Waals surface area contributed by atoms with Crippen LogP contribution in [0.1, 0.15) is 78.4 Å². The van der Waals surface area contributed by atoms with Crippen LogP contribution in [0.25, 0.3) is 0 Å². The second-order valence-electron chi connectivity index (χ2n) is 8.91. The Kier molecular flexibility index (Phi) is 6.54. The first-order valence-corrected chi connectivity index (χ1v) is 10.5. The fourth-order valence-electron chi connectivity index (χ4n) is 3.97. The predicted molar refractivity (Wildman–Crippen MR) is 114 cm³/mol. The summed E-state index contributed by atoms with van der Waals surface area (Å²) in [5, 5.41) is 0. The number of aromatic nitrogens is 1. The number of hydrogen-bond acceptors (Lipinski definition) is 3. The van der Waals surface area contributed by atoms with Gasteiger partial charge in [-0.3, -0.25) is 14.4 Å². The molecule has 0 aliphatic heterocycles. The number of amides is 1. The molecule has 1 aliphatic carbocycles. The van der Waals surface area contributed by atoms with Crippen LogP contribution >= 0.6 is 0 Å². The molecule has 3 rings (SSSR count). The minimum absolute atomic E-state index is 0.0135. The first kappa shape index (κ1) is 21.9. The Labute approximate surface area is 176 Å². The molecule has 6 heteroatoms. The molecule has 0 spiro atoms. The Bertz CT molecular complexity index is 993. The van der Waals surface area contributed by atoms with Gasteiger partial charge < -0.3 is 9.88 Å². The van der Waals surface area contributed by atoms with E-state index >= 15 is 0 Å². The van der Waals surface area contributed by atoms with E-state index in [0.717, 1.165) is 24.8 Å². The molecule has 0 atom stereocenters. The quantitative estimate of drug-likeness (QED) is 0.681. The summed E-state index contributed by atoms with van der Waals surface area (Å²) in [7, 11) is 0. The van der Waals surface area contributed by atoms with Gasteiger partial charge in [-0.25, -0.2) is 4.39 Å². The molecule has 1 heterocycles. The van der Waals surface area contributed by atoms with Gasteiger partial charge in [-0.2, -0.15) is 0 Å². The van der Waals surface area contributed by atoms with Crippen molar-refractivity contribution in [1.82, 2.24) is 9.88 Å². The maximum Gasteiger partial charge on any atom is 0.261 e. The number of hydrogen-bond donors (Lipinski definition) is 1. The second kappa shape index (κ2) is 8.94. The van der Waals surface area contributed by atoms with E-state index in [9.17, 15) is 18.8 Å². The fraction of sp³-hybridized carbons (Fsp3) is 0.458. The Morgan fingerprint density at radius 3 is 2.50 bits per heavy atom. The largest absolute Gasteiger partial charge is 0.334 e. The Balaban J connectivity index is 1.91. The number of carbonyl (C=O) groups excluding carboxylic acids is 2. The summed E-state index contributed by atoms with van der Waals surface area (Å²) in [5.41, 5.74) is 1.13. The third-order valence-corrected chi connectivity index (χ3v) is 5.55. The van der Waals surface area contributed by atoms with Crippen molar-refractivity contribution in [2.75, 3.05) is 6.54 Å². The van der Waals surface area contributed by atoms with Gasteiger partial charge in [0.2, 0.25) is 0 Å². The van der Waals surface area contributed by atoms with Crippen molar-refractivity contribution in [3.8, 4) is 0 Å². The standard InChI is InChI=1S/C24H29FN2O3/c1-4-5-6-11-27(15-16-7-9-17(25)10-8-16)23(30)19-12-18-20(26-22(19)29)13-24(2,3)14-21(18)28/h7-10,12H,4-6,11,13-15H2,1-3H3,(H,26,29). The molecule has 1 aromatic heterocycles. The second-order valence-corrected chi connectivity index (χ2v) is 8.91. The van der Waals surface area contributed by atoms with E-state index in [-0.39, 0.29) is 29.1 Å². The monoisotopic (exact) mass is 412 g/mol. The Morgan fingerprint density at radius 2 is 1.83 bits per heavy atom. The van der Waals surface area contributed by atoms with Crippen LogP contribution in [-0.2, 0) is 13.0 Å². The number of ketones is 1. The van der Waals surface area contributed by atoms with Crippen molar-refractivity contribution in [3.05, 3.63) is 68.9 Å². The number of rotatable bonds is 7. The average Bonchev–Trinajstić information content (AvgIpc) is 2.67. The molecule has 1 aliphatic rings. The van der Waals surface area contributed by atoms with E-state index in [0.29, 0.717) is 30.6 Å². The third-order valence-electron chi connectivity index (χ3n) is 5.55. The van der Waals surface area contributed by atoms with E-state index in [2.05, 4.69) is 11.9 Å². The molecule has 0 saturated carbocycles. The maximum absolute atomic E-state index is 13.3. The number of nitrogens with zero attached hydrogens (tertiary/aromatic N) is 1. The van der Waals surface area contributed by atoms with E-state index in [1.54, 1.807) is 17.0 Å². The average molecular weight is 413 g/mol. The van der Waals surface area contributed by atoms with Gasteiger partial charge in [0.15, 0.2) is 5.78 Å². The fourth-order valence-corrected chi connectivity index (χ4v) is 3.97. The van der Waals surface area contributed by atoms with Gasteiger partial charge in [0.05, 0.1) is 0 Å².